The maximum absolute atomic E-state index is 12.5. The molecule has 188 valence electrons. The first-order chi connectivity index (χ1) is 17.5. The molecule has 0 bridgehead atoms. The van der Waals surface area contributed by atoms with Crippen LogP contribution in [0.4, 0.5) is 9.80 Å². The number of benzene rings is 2. The van der Waals surface area contributed by atoms with Gasteiger partial charge in [0.1, 0.15) is 11.6 Å². The van der Waals surface area contributed by atoms with Crippen molar-refractivity contribution in [2.24, 2.45) is 5.10 Å². The fraction of sp³-hybridized carbons (Fsp3) is 0.269. The highest BCUT2D eigenvalue weighted by molar-refractivity contribution is 7.17. The van der Waals surface area contributed by atoms with E-state index in [0.29, 0.717) is 39.3 Å². The summed E-state index contributed by atoms with van der Waals surface area (Å²) >= 11 is 7.33. The van der Waals surface area contributed by atoms with Crippen molar-refractivity contribution in [3.05, 3.63) is 74.6 Å². The van der Waals surface area contributed by atoms with Crippen LogP contribution in [0.3, 0.4) is 0 Å². The zero-order valence-electron chi connectivity index (χ0n) is 19.9. The number of rotatable bonds is 8. The van der Waals surface area contributed by atoms with E-state index in [4.69, 9.17) is 25.8 Å². The zero-order valence-corrected chi connectivity index (χ0v) is 21.5. The molecule has 0 radical (unpaired) electrons. The van der Waals surface area contributed by atoms with Gasteiger partial charge in [-0.1, -0.05) is 23.7 Å². The predicted molar refractivity (Wildman–Crippen MR) is 141 cm³/mol. The molecular formula is C26H26ClN3O5S. The molecule has 0 atom stereocenters. The summed E-state index contributed by atoms with van der Waals surface area (Å²) in [7, 11) is 2.89. The summed E-state index contributed by atoms with van der Waals surface area (Å²) in [6.07, 6.45) is 5.27. The van der Waals surface area contributed by atoms with Gasteiger partial charge >= 0.3 is 12.0 Å². The molecule has 0 unspecified atom stereocenters. The number of ether oxygens (including phenoxy) is 3. The zero-order chi connectivity index (χ0) is 25.5. The van der Waals surface area contributed by atoms with Crippen LogP contribution in [0.2, 0.25) is 5.02 Å². The summed E-state index contributed by atoms with van der Waals surface area (Å²) in [4.78, 5) is 25.9. The molecule has 0 aliphatic heterocycles. The summed E-state index contributed by atoms with van der Waals surface area (Å²) in [6, 6.07) is 12.2. The summed E-state index contributed by atoms with van der Waals surface area (Å²) in [5, 5.41) is 7.90. The molecule has 0 spiro atoms. The van der Waals surface area contributed by atoms with Crippen LogP contribution < -0.4 is 20.2 Å². The van der Waals surface area contributed by atoms with Crippen molar-refractivity contribution in [3.63, 3.8) is 0 Å². The molecule has 1 aromatic heterocycles. The van der Waals surface area contributed by atoms with Crippen molar-refractivity contribution in [1.82, 2.24) is 5.43 Å². The minimum absolute atomic E-state index is 0.363. The van der Waals surface area contributed by atoms with Crippen molar-refractivity contribution in [2.45, 2.75) is 32.3 Å². The highest BCUT2D eigenvalue weighted by atomic mass is 35.5. The second kappa shape index (κ2) is 11.9. The van der Waals surface area contributed by atoms with E-state index >= 15 is 0 Å². The van der Waals surface area contributed by atoms with Gasteiger partial charge in [0.25, 0.3) is 0 Å². The number of urea groups is 1. The molecule has 2 N–H and O–H groups in total. The minimum Gasteiger partial charge on any atom is -0.493 e. The number of anilines is 1. The number of carbonyl (C=O) groups excluding carboxylic acids is 2. The van der Waals surface area contributed by atoms with Gasteiger partial charge in [-0.2, -0.15) is 5.10 Å². The lowest BCUT2D eigenvalue weighted by molar-refractivity contribution is 0.0601. The Bertz CT molecular complexity index is 1270. The Balaban J connectivity index is 1.37. The number of aryl methyl sites for hydroxylation is 1. The highest BCUT2D eigenvalue weighted by Crippen LogP contribution is 2.38. The molecule has 8 nitrogen and oxygen atoms in total. The molecule has 2 amide bonds. The van der Waals surface area contributed by atoms with Crippen molar-refractivity contribution >= 4 is 46.2 Å². The Morgan fingerprint density at radius 2 is 1.86 bits per heavy atom. The highest BCUT2D eigenvalue weighted by Gasteiger charge is 2.26. The lowest BCUT2D eigenvalue weighted by atomic mass is 9.95. The molecule has 0 saturated heterocycles. The molecule has 1 aliphatic rings. The quantitative estimate of drug-likeness (QED) is 0.219. The van der Waals surface area contributed by atoms with Gasteiger partial charge in [0.05, 0.1) is 26.0 Å². The Kier molecular flexibility index (Phi) is 8.45. The van der Waals surface area contributed by atoms with E-state index in [2.05, 4.69) is 15.8 Å². The van der Waals surface area contributed by atoms with E-state index in [0.717, 1.165) is 41.7 Å². The van der Waals surface area contributed by atoms with Crippen molar-refractivity contribution in [1.29, 1.82) is 0 Å². The van der Waals surface area contributed by atoms with E-state index in [1.54, 1.807) is 25.3 Å². The summed E-state index contributed by atoms with van der Waals surface area (Å²) in [6.45, 7) is 0.363. The van der Waals surface area contributed by atoms with E-state index in [1.807, 2.05) is 24.3 Å². The minimum atomic E-state index is -0.551. The molecule has 0 saturated carbocycles. The van der Waals surface area contributed by atoms with Crippen LogP contribution in [0.25, 0.3) is 0 Å². The molecular weight excluding hydrogens is 502 g/mol. The van der Waals surface area contributed by atoms with Gasteiger partial charge < -0.3 is 14.2 Å². The first-order valence-electron chi connectivity index (χ1n) is 11.4. The number of esters is 1. The Morgan fingerprint density at radius 1 is 1.08 bits per heavy atom. The van der Waals surface area contributed by atoms with Crippen LogP contribution in [0.5, 0.6) is 11.5 Å². The number of hydrogen-bond acceptors (Lipinski definition) is 7. The normalized spacial score (nSPS) is 12.6. The fourth-order valence-corrected chi connectivity index (χ4v) is 5.29. The number of methoxy groups -OCH3 is 2. The average Bonchev–Trinajstić information content (AvgIpc) is 3.25. The van der Waals surface area contributed by atoms with Crippen molar-refractivity contribution < 1.29 is 23.8 Å². The smallest absolute Gasteiger partial charge is 0.341 e. The van der Waals surface area contributed by atoms with Crippen LogP contribution >= 0.6 is 22.9 Å². The van der Waals surface area contributed by atoms with Crippen LogP contribution in [0.1, 0.15) is 44.8 Å². The second-order valence-electron chi connectivity index (χ2n) is 8.06. The number of halogens is 1. The predicted octanol–water partition coefficient (Wildman–Crippen LogP) is 5.81. The number of thiophene rings is 1. The topological polar surface area (TPSA) is 98.2 Å². The van der Waals surface area contributed by atoms with E-state index in [1.165, 1.54) is 24.7 Å². The van der Waals surface area contributed by atoms with Crippen LogP contribution in [0.15, 0.2) is 47.6 Å². The number of amides is 2. The van der Waals surface area contributed by atoms with Crippen molar-refractivity contribution in [3.8, 4) is 11.5 Å². The third-order valence-corrected chi connectivity index (χ3v) is 7.12. The van der Waals surface area contributed by atoms with Gasteiger partial charge in [0.15, 0.2) is 11.5 Å². The Morgan fingerprint density at radius 3 is 2.61 bits per heavy atom. The maximum atomic E-state index is 12.5. The standard InChI is InChI=1S/C26H26ClN3O5S/c1-33-21-13-17(9-12-20(21)35-15-16-7-10-18(27)11-8-16)14-28-30-26(32)29-24-23(25(31)34-2)19-5-3-4-6-22(19)36-24/h7-14H,3-6,15H2,1-2H3,(H2,29,30,32). The van der Waals surface area contributed by atoms with Gasteiger partial charge in [0, 0.05) is 9.90 Å². The van der Waals surface area contributed by atoms with E-state index in [-0.39, 0.29) is 0 Å². The first kappa shape index (κ1) is 25.5. The van der Waals surface area contributed by atoms with Gasteiger partial charge in [-0.15, -0.1) is 11.3 Å². The number of carbonyl (C=O) groups is 2. The molecule has 1 heterocycles. The average molecular weight is 528 g/mol. The van der Waals surface area contributed by atoms with E-state index < -0.39 is 12.0 Å². The molecule has 10 heteroatoms. The number of nitrogens with one attached hydrogen (secondary N) is 2. The lowest BCUT2D eigenvalue weighted by Crippen LogP contribution is -2.24. The fourth-order valence-electron chi connectivity index (χ4n) is 3.89. The van der Waals surface area contributed by atoms with Crippen LogP contribution in [0, 0.1) is 0 Å². The largest absolute Gasteiger partial charge is 0.493 e. The monoisotopic (exact) mass is 527 g/mol. The maximum Gasteiger partial charge on any atom is 0.341 e. The molecule has 4 rings (SSSR count). The van der Waals surface area contributed by atoms with Gasteiger partial charge in [-0.3, -0.25) is 5.32 Å². The summed E-state index contributed by atoms with van der Waals surface area (Å²) in [5.41, 5.74) is 5.53. The van der Waals surface area contributed by atoms with E-state index in [9.17, 15) is 9.59 Å². The molecule has 1 aliphatic carbocycles. The molecule has 3 aromatic rings. The Labute approximate surface area is 218 Å². The lowest BCUT2D eigenvalue weighted by Gasteiger charge is -2.11. The third kappa shape index (κ3) is 6.16. The Hall–Kier alpha value is -3.56. The summed E-state index contributed by atoms with van der Waals surface area (Å²) < 4.78 is 16.2. The summed E-state index contributed by atoms with van der Waals surface area (Å²) in [5.74, 6) is 0.662. The van der Waals surface area contributed by atoms with Crippen LogP contribution in [-0.4, -0.2) is 32.4 Å². The number of hydrogen-bond donors (Lipinski definition) is 2. The first-order valence-corrected chi connectivity index (χ1v) is 12.6. The SMILES string of the molecule is COC(=O)c1c(NC(=O)NN=Cc2ccc(OCc3ccc(Cl)cc3)c(OC)c2)sc2c1CCCC2. The molecule has 36 heavy (non-hydrogen) atoms. The molecule has 2 aromatic carbocycles. The van der Waals surface area contributed by atoms with Gasteiger partial charge in [-0.05, 0) is 72.7 Å². The molecule has 0 fully saturated rings. The van der Waals surface area contributed by atoms with Gasteiger partial charge in [0.2, 0.25) is 0 Å². The number of fused-ring (bicyclic) bond motifs is 1. The van der Waals surface area contributed by atoms with Gasteiger partial charge in [-0.25, -0.2) is 15.0 Å². The number of nitrogens with zero attached hydrogens (tertiary/aromatic N) is 1. The second-order valence-corrected chi connectivity index (χ2v) is 9.60. The number of hydrazone groups is 1. The third-order valence-electron chi connectivity index (χ3n) is 5.66. The van der Waals surface area contributed by atoms with Crippen LogP contribution in [-0.2, 0) is 24.2 Å². The van der Waals surface area contributed by atoms with Crippen molar-refractivity contribution in [2.75, 3.05) is 19.5 Å².